The van der Waals surface area contributed by atoms with E-state index in [0.29, 0.717) is 6.42 Å². The van der Waals surface area contributed by atoms with Crippen LogP contribution in [0.25, 0.3) is 0 Å². The van der Waals surface area contributed by atoms with Crippen LogP contribution in [0.1, 0.15) is 18.4 Å². The van der Waals surface area contributed by atoms with Crippen molar-refractivity contribution in [2.24, 2.45) is 5.73 Å². The van der Waals surface area contributed by atoms with E-state index in [9.17, 15) is 24.0 Å². The minimum absolute atomic E-state index is 0.0652. The van der Waals surface area contributed by atoms with Crippen molar-refractivity contribution in [1.82, 2.24) is 26.6 Å². The van der Waals surface area contributed by atoms with Gasteiger partial charge in [0.2, 0.25) is 29.5 Å². The van der Waals surface area contributed by atoms with Gasteiger partial charge in [-0.15, -0.1) is 0 Å². The van der Waals surface area contributed by atoms with Crippen molar-refractivity contribution in [3.8, 4) is 0 Å². The molecular formula is C20H30N6O5. The summed E-state index contributed by atoms with van der Waals surface area (Å²) in [6, 6.07) is 8.14. The Bertz CT molecular complexity index is 756. The van der Waals surface area contributed by atoms with Gasteiger partial charge >= 0.3 is 0 Å². The third-order valence-electron chi connectivity index (χ3n) is 4.06. The van der Waals surface area contributed by atoms with Crippen molar-refractivity contribution in [2.45, 2.75) is 25.3 Å². The van der Waals surface area contributed by atoms with Gasteiger partial charge in [0.25, 0.3) is 0 Å². The molecule has 0 aliphatic rings. The molecule has 0 heterocycles. The van der Waals surface area contributed by atoms with E-state index in [1.807, 2.05) is 30.3 Å². The molecule has 11 heteroatoms. The molecule has 0 aliphatic carbocycles. The SMILES string of the molecule is CNCC(=O)NCC(=O)N[C@@H](Cc1ccccc1)C(=O)NCC(=O)NCCCC(N)=O. The van der Waals surface area contributed by atoms with E-state index in [1.165, 1.54) is 0 Å². The lowest BCUT2D eigenvalue weighted by Crippen LogP contribution is -2.52. The lowest BCUT2D eigenvalue weighted by atomic mass is 10.1. The first kappa shape index (κ1) is 25.6. The Kier molecular flexibility index (Phi) is 12.0. The van der Waals surface area contributed by atoms with Crippen LogP contribution < -0.4 is 32.3 Å². The summed E-state index contributed by atoms with van der Waals surface area (Å²) in [4.78, 5) is 58.8. The third kappa shape index (κ3) is 12.0. The highest BCUT2D eigenvalue weighted by Crippen LogP contribution is 2.03. The summed E-state index contributed by atoms with van der Waals surface area (Å²) in [5.41, 5.74) is 5.85. The van der Waals surface area contributed by atoms with Gasteiger partial charge in [0.1, 0.15) is 6.04 Å². The second-order valence-corrected chi connectivity index (χ2v) is 6.75. The molecule has 0 radical (unpaired) electrons. The molecular weight excluding hydrogens is 404 g/mol. The molecule has 1 aromatic carbocycles. The summed E-state index contributed by atoms with van der Waals surface area (Å²) < 4.78 is 0. The number of amides is 5. The number of rotatable bonds is 14. The Balaban J connectivity index is 2.58. The molecule has 7 N–H and O–H groups in total. The molecule has 0 bridgehead atoms. The van der Waals surface area contributed by atoms with E-state index in [4.69, 9.17) is 5.73 Å². The summed E-state index contributed by atoms with van der Waals surface area (Å²) in [7, 11) is 1.60. The fourth-order valence-electron chi connectivity index (χ4n) is 2.55. The Morgan fingerprint density at radius 2 is 1.52 bits per heavy atom. The van der Waals surface area contributed by atoms with E-state index >= 15 is 0 Å². The zero-order chi connectivity index (χ0) is 23.1. The molecule has 0 saturated heterocycles. The Hall–Kier alpha value is -3.47. The number of likely N-dealkylation sites (N-methyl/N-ethyl adjacent to an activating group) is 1. The second kappa shape index (κ2) is 14.5. The number of hydrogen-bond acceptors (Lipinski definition) is 6. The van der Waals surface area contributed by atoms with Gasteiger partial charge in [-0.3, -0.25) is 24.0 Å². The average molecular weight is 434 g/mol. The van der Waals surface area contributed by atoms with Crippen molar-refractivity contribution < 1.29 is 24.0 Å². The molecule has 0 aliphatic heterocycles. The summed E-state index contributed by atoms with van der Waals surface area (Å²) in [5.74, 6) is -2.30. The van der Waals surface area contributed by atoms with Crippen LogP contribution in [0.15, 0.2) is 30.3 Å². The van der Waals surface area contributed by atoms with Gasteiger partial charge in [-0.25, -0.2) is 0 Å². The fraction of sp³-hybridized carbons (Fsp3) is 0.450. The highest BCUT2D eigenvalue weighted by Gasteiger charge is 2.22. The smallest absolute Gasteiger partial charge is 0.243 e. The number of primary amides is 1. The molecule has 1 aromatic rings. The minimum Gasteiger partial charge on any atom is -0.370 e. The number of hydrogen-bond donors (Lipinski definition) is 6. The molecule has 0 unspecified atom stereocenters. The maximum atomic E-state index is 12.6. The third-order valence-corrected chi connectivity index (χ3v) is 4.06. The Labute approximate surface area is 180 Å². The highest BCUT2D eigenvalue weighted by atomic mass is 16.2. The quantitative estimate of drug-likeness (QED) is 0.177. The van der Waals surface area contributed by atoms with Crippen molar-refractivity contribution >= 4 is 29.5 Å². The van der Waals surface area contributed by atoms with Crippen molar-refractivity contribution in [2.75, 3.05) is 33.2 Å². The molecule has 0 fully saturated rings. The van der Waals surface area contributed by atoms with Gasteiger partial charge in [0.05, 0.1) is 19.6 Å². The number of benzene rings is 1. The molecule has 170 valence electrons. The summed E-state index contributed by atoms with van der Waals surface area (Å²) in [6.07, 6.45) is 0.771. The second-order valence-electron chi connectivity index (χ2n) is 6.75. The van der Waals surface area contributed by atoms with Gasteiger partial charge in [0, 0.05) is 19.4 Å². The number of nitrogens with one attached hydrogen (secondary N) is 5. The van der Waals surface area contributed by atoms with Gasteiger partial charge in [-0.05, 0) is 19.0 Å². The molecule has 11 nitrogen and oxygen atoms in total. The molecule has 0 spiro atoms. The van der Waals surface area contributed by atoms with E-state index in [0.717, 1.165) is 5.56 Å². The first-order valence-electron chi connectivity index (χ1n) is 9.89. The maximum absolute atomic E-state index is 12.6. The highest BCUT2D eigenvalue weighted by molar-refractivity contribution is 5.92. The van der Waals surface area contributed by atoms with E-state index in [-0.39, 0.29) is 44.9 Å². The van der Waals surface area contributed by atoms with Crippen molar-refractivity contribution in [1.29, 1.82) is 0 Å². The number of carbonyl (C=O) groups is 5. The van der Waals surface area contributed by atoms with Crippen LogP contribution in [-0.4, -0.2) is 68.8 Å². The predicted octanol–water partition coefficient (Wildman–Crippen LogP) is -2.45. The lowest BCUT2D eigenvalue weighted by molar-refractivity contribution is -0.130. The average Bonchev–Trinajstić information content (AvgIpc) is 2.74. The normalized spacial score (nSPS) is 11.1. The summed E-state index contributed by atoms with van der Waals surface area (Å²) >= 11 is 0. The van der Waals surface area contributed by atoms with Gasteiger partial charge in [0.15, 0.2) is 0 Å². The number of nitrogens with two attached hydrogens (primary N) is 1. The molecule has 1 rings (SSSR count). The Morgan fingerprint density at radius 1 is 0.871 bits per heavy atom. The van der Waals surface area contributed by atoms with Gasteiger partial charge in [-0.2, -0.15) is 0 Å². The van der Waals surface area contributed by atoms with Crippen molar-refractivity contribution in [3.63, 3.8) is 0 Å². The molecule has 5 amide bonds. The lowest BCUT2D eigenvalue weighted by Gasteiger charge is -2.19. The van der Waals surface area contributed by atoms with E-state index in [2.05, 4.69) is 26.6 Å². The zero-order valence-electron chi connectivity index (χ0n) is 17.5. The van der Waals surface area contributed by atoms with Gasteiger partial charge in [-0.1, -0.05) is 30.3 Å². The molecule has 0 saturated carbocycles. The first-order valence-corrected chi connectivity index (χ1v) is 9.89. The van der Waals surface area contributed by atoms with Gasteiger partial charge < -0.3 is 32.3 Å². The van der Waals surface area contributed by atoms with Crippen LogP contribution in [0, 0.1) is 0 Å². The maximum Gasteiger partial charge on any atom is 0.243 e. The van der Waals surface area contributed by atoms with Crippen LogP contribution in [-0.2, 0) is 30.4 Å². The minimum atomic E-state index is -0.932. The first-order chi connectivity index (χ1) is 14.8. The monoisotopic (exact) mass is 434 g/mol. The van der Waals surface area contributed by atoms with E-state index < -0.39 is 29.7 Å². The van der Waals surface area contributed by atoms with Crippen LogP contribution in [0.3, 0.4) is 0 Å². The molecule has 31 heavy (non-hydrogen) atoms. The molecule has 1 atom stereocenters. The van der Waals surface area contributed by atoms with Crippen molar-refractivity contribution in [3.05, 3.63) is 35.9 Å². The zero-order valence-corrected chi connectivity index (χ0v) is 17.5. The topological polar surface area (TPSA) is 172 Å². The molecule has 0 aromatic heterocycles. The number of carbonyl (C=O) groups excluding carboxylic acids is 5. The Morgan fingerprint density at radius 3 is 2.16 bits per heavy atom. The van der Waals surface area contributed by atoms with Crippen LogP contribution in [0.4, 0.5) is 0 Å². The fourth-order valence-corrected chi connectivity index (χ4v) is 2.55. The van der Waals surface area contributed by atoms with Crippen LogP contribution in [0.5, 0.6) is 0 Å². The summed E-state index contributed by atoms with van der Waals surface area (Å²) in [5, 5.41) is 12.7. The van der Waals surface area contributed by atoms with E-state index in [1.54, 1.807) is 7.05 Å². The summed E-state index contributed by atoms with van der Waals surface area (Å²) in [6.45, 7) is -0.237. The van der Waals surface area contributed by atoms with Crippen LogP contribution >= 0.6 is 0 Å². The predicted molar refractivity (Wildman–Crippen MR) is 113 cm³/mol. The largest absolute Gasteiger partial charge is 0.370 e. The standard InChI is InChI=1S/C20H30N6O5/c1-22-11-17(28)24-13-19(30)26-15(10-14-6-3-2-4-7-14)20(31)25-12-18(29)23-9-5-8-16(21)27/h2-4,6-7,15,22H,5,8-13H2,1H3,(H2,21,27)(H,23,29)(H,24,28)(H,25,31)(H,26,30)/t15-/m0/s1. The van der Waals surface area contributed by atoms with Crippen LogP contribution in [0.2, 0.25) is 0 Å².